The highest BCUT2D eigenvalue weighted by molar-refractivity contribution is 7.82. The van der Waals surface area contributed by atoms with E-state index >= 15 is 0 Å². The predicted molar refractivity (Wildman–Crippen MR) is 49.1 cm³/mol. The third-order valence-electron chi connectivity index (χ3n) is 1.45. The maximum Gasteiger partial charge on any atom is -0.0109 e. The lowest BCUT2D eigenvalue weighted by molar-refractivity contribution is 0.546. The maximum atomic E-state index is 10.2. The number of rotatable bonds is 2. The largest absolute Gasteiger partial charge is 0.769 e. The van der Waals surface area contributed by atoms with Gasteiger partial charge in [-0.2, -0.15) is 0 Å². The first-order chi connectivity index (χ1) is 5.68. The second kappa shape index (κ2) is 4.18. The molecule has 0 aliphatic carbocycles. The van der Waals surface area contributed by atoms with Crippen molar-refractivity contribution >= 4 is 17.2 Å². The molecule has 0 bridgehead atoms. The van der Waals surface area contributed by atoms with E-state index in [-0.39, 0.29) is 0 Å². The summed E-state index contributed by atoms with van der Waals surface area (Å²) in [6, 6.07) is 7.62. The highest BCUT2D eigenvalue weighted by atomic mass is 32.2. The molecule has 0 radical (unpaired) electrons. The Kier molecular flexibility index (Phi) is 3.19. The summed E-state index contributed by atoms with van der Waals surface area (Å²) in [6.07, 6.45) is 1.56. The van der Waals surface area contributed by atoms with Crippen molar-refractivity contribution in [2.45, 2.75) is 6.92 Å². The zero-order valence-electron chi connectivity index (χ0n) is 6.69. The maximum absolute atomic E-state index is 10.2. The van der Waals surface area contributed by atoms with Crippen LogP contribution in [0.25, 0.3) is 6.08 Å². The molecule has 0 heterocycles. The average molecular weight is 181 g/mol. The highest BCUT2D eigenvalue weighted by Crippen LogP contribution is 2.04. The minimum absolute atomic E-state index is 0.893. The van der Waals surface area contributed by atoms with Crippen LogP contribution in [0.5, 0.6) is 0 Å². The van der Waals surface area contributed by atoms with Crippen LogP contribution in [-0.2, 0) is 11.1 Å². The Morgan fingerprint density at radius 3 is 2.42 bits per heavy atom. The van der Waals surface area contributed by atoms with Gasteiger partial charge in [0, 0.05) is 0 Å². The first-order valence-corrected chi connectivity index (χ1v) is 4.65. The fourth-order valence-corrected chi connectivity index (χ4v) is 1.08. The molecular weight excluding hydrogens is 172 g/mol. The highest BCUT2D eigenvalue weighted by Gasteiger charge is 1.84. The molecule has 0 aromatic heterocycles. The molecule has 0 saturated heterocycles. The third kappa shape index (κ3) is 2.98. The van der Waals surface area contributed by atoms with Crippen molar-refractivity contribution < 1.29 is 8.76 Å². The van der Waals surface area contributed by atoms with E-state index in [1.807, 2.05) is 31.2 Å². The van der Waals surface area contributed by atoms with Gasteiger partial charge in [0.2, 0.25) is 0 Å². The molecule has 1 unspecified atom stereocenters. The first kappa shape index (κ1) is 9.16. The van der Waals surface area contributed by atoms with Crippen LogP contribution in [-0.4, -0.2) is 8.76 Å². The molecule has 0 aliphatic rings. The molecule has 0 aliphatic heterocycles. The fourth-order valence-electron chi connectivity index (χ4n) is 0.812. The van der Waals surface area contributed by atoms with E-state index in [1.54, 1.807) is 6.08 Å². The predicted octanol–water partition coefficient (Wildman–Crippen LogP) is 1.84. The van der Waals surface area contributed by atoms with Crippen LogP contribution in [0.4, 0.5) is 0 Å². The first-order valence-electron chi connectivity index (χ1n) is 3.51. The van der Waals surface area contributed by atoms with Gasteiger partial charge in [0.1, 0.15) is 0 Å². The minimum atomic E-state index is -2.10. The second-order valence-electron chi connectivity index (χ2n) is 2.47. The second-order valence-corrected chi connectivity index (χ2v) is 3.27. The SMILES string of the molecule is Cc1ccc(C=CS(=O)[O-])cc1. The molecule has 1 aromatic rings. The molecule has 0 spiro atoms. The van der Waals surface area contributed by atoms with Crippen molar-refractivity contribution in [2.75, 3.05) is 0 Å². The number of benzene rings is 1. The van der Waals surface area contributed by atoms with E-state index in [0.29, 0.717) is 0 Å². The molecule has 1 rings (SSSR count). The third-order valence-corrected chi connectivity index (χ3v) is 1.81. The Labute approximate surface area is 74.2 Å². The number of aryl methyl sites for hydroxylation is 1. The van der Waals surface area contributed by atoms with Crippen molar-refractivity contribution in [3.63, 3.8) is 0 Å². The van der Waals surface area contributed by atoms with Crippen LogP contribution in [0, 0.1) is 6.92 Å². The number of hydrogen-bond donors (Lipinski definition) is 0. The average Bonchev–Trinajstić information content (AvgIpc) is 2.03. The van der Waals surface area contributed by atoms with Crippen LogP contribution in [0.2, 0.25) is 0 Å². The lowest BCUT2D eigenvalue weighted by atomic mass is 10.2. The van der Waals surface area contributed by atoms with Crippen LogP contribution in [0.1, 0.15) is 11.1 Å². The van der Waals surface area contributed by atoms with Gasteiger partial charge in [0.05, 0.1) is 0 Å². The molecule has 3 heteroatoms. The summed E-state index contributed by atoms with van der Waals surface area (Å²) in [6.45, 7) is 1.99. The van der Waals surface area contributed by atoms with Crippen molar-refractivity contribution in [3.8, 4) is 0 Å². The smallest absolute Gasteiger partial charge is 0.0109 e. The molecule has 64 valence electrons. The Morgan fingerprint density at radius 2 is 1.92 bits per heavy atom. The van der Waals surface area contributed by atoms with E-state index < -0.39 is 11.1 Å². The van der Waals surface area contributed by atoms with Gasteiger partial charge in [-0.05, 0) is 35.1 Å². The van der Waals surface area contributed by atoms with Crippen LogP contribution < -0.4 is 0 Å². The molecule has 2 nitrogen and oxygen atoms in total. The number of hydrogen-bond acceptors (Lipinski definition) is 2. The van der Waals surface area contributed by atoms with Gasteiger partial charge in [-0.3, -0.25) is 4.21 Å². The molecule has 1 aromatic carbocycles. The molecular formula is C9H9O2S-. The van der Waals surface area contributed by atoms with E-state index in [9.17, 15) is 8.76 Å². The van der Waals surface area contributed by atoms with E-state index in [2.05, 4.69) is 0 Å². The fraction of sp³-hybridized carbons (Fsp3) is 0.111. The van der Waals surface area contributed by atoms with E-state index in [0.717, 1.165) is 16.5 Å². The topological polar surface area (TPSA) is 40.1 Å². The molecule has 0 saturated carbocycles. The van der Waals surface area contributed by atoms with E-state index in [4.69, 9.17) is 0 Å². The van der Waals surface area contributed by atoms with Gasteiger partial charge in [-0.15, -0.1) is 0 Å². The van der Waals surface area contributed by atoms with Crippen molar-refractivity contribution in [3.05, 3.63) is 40.8 Å². The van der Waals surface area contributed by atoms with Crippen LogP contribution in [0.15, 0.2) is 29.7 Å². The van der Waals surface area contributed by atoms with Crippen molar-refractivity contribution in [1.82, 2.24) is 0 Å². The van der Waals surface area contributed by atoms with Gasteiger partial charge in [-0.1, -0.05) is 29.8 Å². The van der Waals surface area contributed by atoms with Gasteiger partial charge in [0.15, 0.2) is 0 Å². The van der Waals surface area contributed by atoms with Crippen molar-refractivity contribution in [2.24, 2.45) is 0 Å². The minimum Gasteiger partial charge on any atom is -0.769 e. The molecule has 0 fully saturated rings. The van der Waals surface area contributed by atoms with Gasteiger partial charge >= 0.3 is 0 Å². The summed E-state index contributed by atoms with van der Waals surface area (Å²) in [7, 11) is 0. The van der Waals surface area contributed by atoms with Gasteiger partial charge in [0.25, 0.3) is 0 Å². The van der Waals surface area contributed by atoms with Crippen molar-refractivity contribution in [1.29, 1.82) is 0 Å². The standard InChI is InChI=1S/C9H10O2S/c1-8-2-4-9(5-3-8)6-7-12(10)11/h2-7H,1H3,(H,10,11)/p-1. The zero-order valence-corrected chi connectivity index (χ0v) is 7.51. The summed E-state index contributed by atoms with van der Waals surface area (Å²) in [4.78, 5) is 0. The Bertz CT molecular complexity index is 301. The van der Waals surface area contributed by atoms with E-state index in [1.165, 1.54) is 0 Å². The summed E-state index contributed by atoms with van der Waals surface area (Å²) in [5, 5.41) is 1.13. The zero-order chi connectivity index (χ0) is 8.97. The summed E-state index contributed by atoms with van der Waals surface area (Å²) in [5.41, 5.74) is 2.06. The summed E-state index contributed by atoms with van der Waals surface area (Å²) >= 11 is -2.10. The van der Waals surface area contributed by atoms with Gasteiger partial charge < -0.3 is 4.55 Å². The molecule has 12 heavy (non-hydrogen) atoms. The summed E-state index contributed by atoms with van der Waals surface area (Å²) in [5.74, 6) is 0. The lowest BCUT2D eigenvalue weighted by Gasteiger charge is -1.96. The van der Waals surface area contributed by atoms with Crippen LogP contribution in [0.3, 0.4) is 0 Å². The summed E-state index contributed by atoms with van der Waals surface area (Å²) < 4.78 is 20.3. The normalized spacial score (nSPS) is 13.5. The Hall–Kier alpha value is -0.930. The van der Waals surface area contributed by atoms with Crippen LogP contribution >= 0.6 is 0 Å². The Balaban J connectivity index is 2.77. The quantitative estimate of drug-likeness (QED) is 0.653. The molecule has 0 N–H and O–H groups in total. The van der Waals surface area contributed by atoms with Gasteiger partial charge in [-0.25, -0.2) is 0 Å². The monoisotopic (exact) mass is 181 g/mol. The Morgan fingerprint density at radius 1 is 1.33 bits per heavy atom. The molecule has 0 amide bonds. The lowest BCUT2D eigenvalue weighted by Crippen LogP contribution is -1.78. The molecule has 1 atom stereocenters.